The highest BCUT2D eigenvalue weighted by atomic mass is 16.1. The Morgan fingerprint density at radius 2 is 1.83 bits per heavy atom. The SMILES string of the molecule is CC(C)(CCCCN)C(=O)CN. The number of carbonyl (C=O) groups excluding carboxylic acids is 1. The Labute approximate surface area is 74.5 Å². The van der Waals surface area contributed by atoms with Crippen LogP contribution in [-0.4, -0.2) is 18.9 Å². The van der Waals surface area contributed by atoms with E-state index in [0.717, 1.165) is 19.3 Å². The first-order valence-corrected chi connectivity index (χ1v) is 4.48. The molecule has 0 aromatic rings. The van der Waals surface area contributed by atoms with Gasteiger partial charge in [0.2, 0.25) is 0 Å². The lowest BCUT2D eigenvalue weighted by molar-refractivity contribution is -0.126. The minimum Gasteiger partial charge on any atom is -0.330 e. The maximum absolute atomic E-state index is 11.3. The van der Waals surface area contributed by atoms with Crippen LogP contribution in [0.15, 0.2) is 0 Å². The highest BCUT2D eigenvalue weighted by Crippen LogP contribution is 2.23. The molecular formula is C9H20N2O. The van der Waals surface area contributed by atoms with E-state index in [0.29, 0.717) is 6.54 Å². The van der Waals surface area contributed by atoms with Crippen molar-refractivity contribution in [2.45, 2.75) is 33.1 Å². The molecule has 3 heteroatoms. The maximum atomic E-state index is 11.3. The molecule has 0 aromatic heterocycles. The molecule has 72 valence electrons. The molecule has 0 heterocycles. The zero-order valence-electron chi connectivity index (χ0n) is 8.10. The molecule has 12 heavy (non-hydrogen) atoms. The van der Waals surface area contributed by atoms with E-state index in [2.05, 4.69) is 0 Å². The van der Waals surface area contributed by atoms with Gasteiger partial charge in [0.05, 0.1) is 6.54 Å². The summed E-state index contributed by atoms with van der Waals surface area (Å²) in [5.41, 5.74) is 10.4. The standard InChI is InChI=1S/C9H20N2O/c1-9(2,8(12)7-11)5-3-4-6-10/h3-7,10-11H2,1-2H3. The summed E-state index contributed by atoms with van der Waals surface area (Å²) >= 11 is 0. The van der Waals surface area contributed by atoms with Crippen LogP contribution < -0.4 is 11.5 Å². The minimum absolute atomic E-state index is 0.138. The Morgan fingerprint density at radius 1 is 1.25 bits per heavy atom. The molecular weight excluding hydrogens is 152 g/mol. The van der Waals surface area contributed by atoms with E-state index in [-0.39, 0.29) is 17.7 Å². The van der Waals surface area contributed by atoms with Crippen LogP contribution in [-0.2, 0) is 4.79 Å². The van der Waals surface area contributed by atoms with Gasteiger partial charge in [0.25, 0.3) is 0 Å². The highest BCUT2D eigenvalue weighted by molar-refractivity contribution is 5.85. The highest BCUT2D eigenvalue weighted by Gasteiger charge is 2.24. The van der Waals surface area contributed by atoms with E-state index < -0.39 is 0 Å². The van der Waals surface area contributed by atoms with Crippen LogP contribution in [0.25, 0.3) is 0 Å². The van der Waals surface area contributed by atoms with Gasteiger partial charge < -0.3 is 11.5 Å². The zero-order valence-corrected chi connectivity index (χ0v) is 8.10. The first-order valence-electron chi connectivity index (χ1n) is 4.48. The van der Waals surface area contributed by atoms with Gasteiger partial charge in [-0.1, -0.05) is 20.3 Å². The van der Waals surface area contributed by atoms with E-state index in [1.54, 1.807) is 0 Å². The molecule has 0 rings (SSSR count). The Balaban J connectivity index is 3.78. The van der Waals surface area contributed by atoms with Crippen LogP contribution in [0.3, 0.4) is 0 Å². The summed E-state index contributed by atoms with van der Waals surface area (Å²) in [6, 6.07) is 0. The van der Waals surface area contributed by atoms with Gasteiger partial charge in [-0.2, -0.15) is 0 Å². The Kier molecular flexibility index (Phi) is 5.09. The van der Waals surface area contributed by atoms with Crippen molar-refractivity contribution in [2.75, 3.05) is 13.1 Å². The van der Waals surface area contributed by atoms with E-state index >= 15 is 0 Å². The molecule has 0 amide bonds. The number of unbranched alkanes of at least 4 members (excludes halogenated alkanes) is 1. The van der Waals surface area contributed by atoms with E-state index in [4.69, 9.17) is 11.5 Å². The lowest BCUT2D eigenvalue weighted by Gasteiger charge is -2.21. The van der Waals surface area contributed by atoms with Crippen LogP contribution in [0.5, 0.6) is 0 Å². The first-order chi connectivity index (χ1) is 5.54. The summed E-state index contributed by atoms with van der Waals surface area (Å²) in [5, 5.41) is 0. The second-order valence-electron chi connectivity index (χ2n) is 3.76. The molecule has 0 spiro atoms. The number of carbonyl (C=O) groups is 1. The first kappa shape index (κ1) is 11.6. The second-order valence-corrected chi connectivity index (χ2v) is 3.76. The molecule has 0 saturated carbocycles. The van der Waals surface area contributed by atoms with Gasteiger partial charge in [-0.25, -0.2) is 0 Å². The monoisotopic (exact) mass is 172 g/mol. The lowest BCUT2D eigenvalue weighted by Crippen LogP contribution is -2.30. The predicted octanol–water partition coefficient (Wildman–Crippen LogP) is 0.669. The number of hydrogen-bond acceptors (Lipinski definition) is 3. The molecule has 3 nitrogen and oxygen atoms in total. The smallest absolute Gasteiger partial charge is 0.151 e. The van der Waals surface area contributed by atoms with Crippen molar-refractivity contribution in [3.63, 3.8) is 0 Å². The van der Waals surface area contributed by atoms with Crippen molar-refractivity contribution in [1.82, 2.24) is 0 Å². The van der Waals surface area contributed by atoms with Crippen molar-refractivity contribution < 1.29 is 4.79 Å². The average Bonchev–Trinajstić information content (AvgIpc) is 2.03. The van der Waals surface area contributed by atoms with Crippen LogP contribution in [0.2, 0.25) is 0 Å². The summed E-state index contributed by atoms with van der Waals surface area (Å²) < 4.78 is 0. The van der Waals surface area contributed by atoms with Gasteiger partial charge in [-0.05, 0) is 19.4 Å². The molecule has 0 atom stereocenters. The number of rotatable bonds is 6. The van der Waals surface area contributed by atoms with Crippen molar-refractivity contribution in [2.24, 2.45) is 16.9 Å². The Bertz CT molecular complexity index is 143. The van der Waals surface area contributed by atoms with Crippen LogP contribution in [0.1, 0.15) is 33.1 Å². The number of nitrogens with two attached hydrogens (primary N) is 2. The lowest BCUT2D eigenvalue weighted by atomic mass is 9.83. The van der Waals surface area contributed by atoms with Crippen LogP contribution >= 0.6 is 0 Å². The van der Waals surface area contributed by atoms with Gasteiger partial charge in [0, 0.05) is 5.41 Å². The van der Waals surface area contributed by atoms with Gasteiger partial charge in [0.15, 0.2) is 5.78 Å². The molecule has 0 unspecified atom stereocenters. The third-order valence-electron chi connectivity index (χ3n) is 2.20. The number of Topliss-reactive ketones (excluding diaryl/α,β-unsaturated/α-hetero) is 1. The maximum Gasteiger partial charge on any atom is 0.151 e. The summed E-state index contributed by atoms with van der Waals surface area (Å²) in [6.07, 6.45) is 2.89. The van der Waals surface area contributed by atoms with Crippen molar-refractivity contribution in [3.8, 4) is 0 Å². The Morgan fingerprint density at radius 3 is 2.25 bits per heavy atom. The van der Waals surface area contributed by atoms with Crippen LogP contribution in [0.4, 0.5) is 0 Å². The van der Waals surface area contributed by atoms with Gasteiger partial charge >= 0.3 is 0 Å². The fourth-order valence-corrected chi connectivity index (χ4v) is 1.13. The topological polar surface area (TPSA) is 69.1 Å². The van der Waals surface area contributed by atoms with Crippen molar-refractivity contribution in [1.29, 1.82) is 0 Å². The molecule has 0 aliphatic rings. The van der Waals surface area contributed by atoms with Gasteiger partial charge in [0.1, 0.15) is 0 Å². The molecule has 0 aromatic carbocycles. The largest absolute Gasteiger partial charge is 0.330 e. The van der Waals surface area contributed by atoms with E-state index in [1.165, 1.54) is 0 Å². The number of ketones is 1. The third-order valence-corrected chi connectivity index (χ3v) is 2.20. The molecule has 0 saturated heterocycles. The van der Waals surface area contributed by atoms with E-state index in [9.17, 15) is 4.79 Å². The zero-order chi connectivity index (χ0) is 9.61. The molecule has 0 aliphatic heterocycles. The fourth-order valence-electron chi connectivity index (χ4n) is 1.13. The fraction of sp³-hybridized carbons (Fsp3) is 0.889. The van der Waals surface area contributed by atoms with Gasteiger partial charge in [-0.3, -0.25) is 4.79 Å². The van der Waals surface area contributed by atoms with Crippen molar-refractivity contribution >= 4 is 5.78 Å². The quantitative estimate of drug-likeness (QED) is 0.578. The molecule has 0 fully saturated rings. The van der Waals surface area contributed by atoms with Crippen molar-refractivity contribution in [3.05, 3.63) is 0 Å². The second kappa shape index (κ2) is 5.27. The normalized spacial score (nSPS) is 11.7. The van der Waals surface area contributed by atoms with E-state index in [1.807, 2.05) is 13.8 Å². The summed E-state index contributed by atoms with van der Waals surface area (Å²) in [4.78, 5) is 11.3. The van der Waals surface area contributed by atoms with Gasteiger partial charge in [-0.15, -0.1) is 0 Å². The Hall–Kier alpha value is -0.410. The average molecular weight is 172 g/mol. The molecule has 0 radical (unpaired) electrons. The number of hydrogen-bond donors (Lipinski definition) is 2. The predicted molar refractivity (Wildman–Crippen MR) is 50.7 cm³/mol. The minimum atomic E-state index is -0.260. The third kappa shape index (κ3) is 3.83. The molecule has 4 N–H and O–H groups in total. The molecule has 0 aliphatic carbocycles. The molecule has 0 bridgehead atoms. The summed E-state index contributed by atoms with van der Waals surface area (Å²) in [5.74, 6) is 0.138. The summed E-state index contributed by atoms with van der Waals surface area (Å²) in [6.45, 7) is 4.74. The van der Waals surface area contributed by atoms with Crippen LogP contribution in [0, 0.1) is 5.41 Å². The summed E-state index contributed by atoms with van der Waals surface area (Å²) in [7, 11) is 0.